The summed E-state index contributed by atoms with van der Waals surface area (Å²) < 4.78 is 5.39. The Balaban J connectivity index is 1.77. The summed E-state index contributed by atoms with van der Waals surface area (Å²) in [6, 6.07) is 11.6. The van der Waals surface area contributed by atoms with Crippen LogP contribution in [0.25, 0.3) is 0 Å². The predicted molar refractivity (Wildman–Crippen MR) is 100 cm³/mol. The van der Waals surface area contributed by atoms with Crippen molar-refractivity contribution >= 4 is 17.4 Å². The Morgan fingerprint density at radius 2 is 1.80 bits per heavy atom. The molecule has 25 heavy (non-hydrogen) atoms. The lowest BCUT2D eigenvalue weighted by atomic mass is 9.87. The van der Waals surface area contributed by atoms with E-state index in [9.17, 15) is 4.79 Å². The summed E-state index contributed by atoms with van der Waals surface area (Å²) in [4.78, 5) is 19.3. The first-order chi connectivity index (χ1) is 11.9. The molecule has 3 rings (SSSR count). The fourth-order valence-electron chi connectivity index (χ4n) is 2.85. The van der Waals surface area contributed by atoms with Crippen LogP contribution in [0.2, 0.25) is 0 Å². The van der Waals surface area contributed by atoms with Crippen molar-refractivity contribution in [3.05, 3.63) is 53.7 Å². The molecule has 1 fully saturated rings. The van der Waals surface area contributed by atoms with Gasteiger partial charge in [0.1, 0.15) is 5.82 Å². The maximum atomic E-state index is 12.8. The highest BCUT2D eigenvalue weighted by atomic mass is 16.5. The number of hydrogen-bond donors (Lipinski definition) is 1. The maximum Gasteiger partial charge on any atom is 0.259 e. The van der Waals surface area contributed by atoms with Crippen molar-refractivity contribution in [1.82, 2.24) is 4.98 Å². The number of aromatic nitrogens is 1. The van der Waals surface area contributed by atoms with Gasteiger partial charge < -0.3 is 15.0 Å². The van der Waals surface area contributed by atoms with Gasteiger partial charge >= 0.3 is 0 Å². The van der Waals surface area contributed by atoms with Crippen molar-refractivity contribution in [2.75, 3.05) is 36.5 Å². The minimum atomic E-state index is -0.141. The van der Waals surface area contributed by atoms with Crippen molar-refractivity contribution in [3.8, 4) is 0 Å². The zero-order chi connectivity index (χ0) is 17.9. The van der Waals surface area contributed by atoms with Crippen molar-refractivity contribution in [2.24, 2.45) is 0 Å². The first-order valence-electron chi connectivity index (χ1n) is 8.65. The van der Waals surface area contributed by atoms with Crippen LogP contribution in [0.15, 0.2) is 42.6 Å². The van der Waals surface area contributed by atoms with E-state index in [1.807, 2.05) is 18.2 Å². The number of ether oxygens (including phenoxy) is 1. The summed E-state index contributed by atoms with van der Waals surface area (Å²) >= 11 is 0. The second-order valence-corrected chi connectivity index (χ2v) is 7.26. The summed E-state index contributed by atoms with van der Waals surface area (Å²) in [5.74, 6) is 0.577. The molecule has 2 aromatic rings. The van der Waals surface area contributed by atoms with Crippen molar-refractivity contribution in [1.29, 1.82) is 0 Å². The van der Waals surface area contributed by atoms with E-state index in [2.05, 4.69) is 48.1 Å². The van der Waals surface area contributed by atoms with Gasteiger partial charge in [0.05, 0.1) is 18.8 Å². The number of amides is 1. The zero-order valence-corrected chi connectivity index (χ0v) is 15.1. The molecule has 5 nitrogen and oxygen atoms in total. The molecule has 0 radical (unpaired) electrons. The van der Waals surface area contributed by atoms with Crippen LogP contribution in [0.4, 0.5) is 11.5 Å². The smallest absolute Gasteiger partial charge is 0.259 e. The third-order valence-electron chi connectivity index (χ3n) is 4.35. The molecule has 132 valence electrons. The molecule has 1 aromatic carbocycles. The Bertz CT molecular complexity index is 729. The van der Waals surface area contributed by atoms with Gasteiger partial charge in [0.25, 0.3) is 5.91 Å². The highest BCUT2D eigenvalue weighted by Gasteiger charge is 2.20. The molecule has 5 heteroatoms. The van der Waals surface area contributed by atoms with E-state index in [0.717, 1.165) is 24.6 Å². The number of benzene rings is 1. The van der Waals surface area contributed by atoms with Crippen LogP contribution in [0.1, 0.15) is 36.7 Å². The monoisotopic (exact) mass is 339 g/mol. The van der Waals surface area contributed by atoms with E-state index in [-0.39, 0.29) is 11.3 Å². The highest BCUT2D eigenvalue weighted by Crippen LogP contribution is 2.24. The Morgan fingerprint density at radius 1 is 1.12 bits per heavy atom. The molecule has 0 saturated carbocycles. The van der Waals surface area contributed by atoms with Gasteiger partial charge in [-0.25, -0.2) is 4.98 Å². The average Bonchev–Trinajstić information content (AvgIpc) is 2.62. The number of morpholine rings is 1. The lowest BCUT2D eigenvalue weighted by molar-refractivity contribution is 0.102. The molecule has 1 saturated heterocycles. The van der Waals surface area contributed by atoms with E-state index < -0.39 is 0 Å². The lowest BCUT2D eigenvalue weighted by Gasteiger charge is -2.29. The summed E-state index contributed by atoms with van der Waals surface area (Å²) in [5.41, 5.74) is 2.70. The largest absolute Gasteiger partial charge is 0.378 e. The first kappa shape index (κ1) is 17.4. The second-order valence-electron chi connectivity index (χ2n) is 7.26. The van der Waals surface area contributed by atoms with Crippen LogP contribution in [0.3, 0.4) is 0 Å². The third kappa shape index (κ3) is 4.17. The summed E-state index contributed by atoms with van der Waals surface area (Å²) in [7, 11) is 0. The van der Waals surface area contributed by atoms with Gasteiger partial charge in [-0.2, -0.15) is 0 Å². The Labute approximate surface area is 149 Å². The van der Waals surface area contributed by atoms with Crippen LogP contribution in [-0.2, 0) is 10.2 Å². The topological polar surface area (TPSA) is 54.5 Å². The molecule has 0 atom stereocenters. The number of nitrogens with zero attached hydrogens (tertiary/aromatic N) is 2. The molecule has 2 heterocycles. The molecule has 1 aromatic heterocycles. The molecule has 1 amide bonds. The van der Waals surface area contributed by atoms with Gasteiger partial charge in [0, 0.05) is 25.0 Å². The van der Waals surface area contributed by atoms with Gasteiger partial charge in [0.2, 0.25) is 0 Å². The summed E-state index contributed by atoms with van der Waals surface area (Å²) in [6.45, 7) is 9.33. The predicted octanol–water partition coefficient (Wildman–Crippen LogP) is 3.47. The van der Waals surface area contributed by atoms with Gasteiger partial charge in [-0.15, -0.1) is 0 Å². The molecular formula is C20H25N3O2. The highest BCUT2D eigenvalue weighted by molar-refractivity contribution is 6.07. The zero-order valence-electron chi connectivity index (χ0n) is 15.1. The van der Waals surface area contributed by atoms with E-state index in [1.54, 1.807) is 12.3 Å². The lowest BCUT2D eigenvalue weighted by Crippen LogP contribution is -2.38. The molecule has 0 unspecified atom stereocenters. The minimum absolute atomic E-state index is 0.0927. The van der Waals surface area contributed by atoms with Crippen molar-refractivity contribution < 1.29 is 9.53 Å². The molecule has 1 N–H and O–H groups in total. The van der Waals surface area contributed by atoms with Gasteiger partial charge in [0.15, 0.2) is 0 Å². The standard InChI is InChI=1S/C20H25N3O2/c1-20(2,3)15-6-8-16(9-7-15)22-19(24)17-5-4-10-21-18(17)23-11-13-25-14-12-23/h4-10H,11-14H2,1-3H3,(H,22,24). The Morgan fingerprint density at radius 3 is 2.44 bits per heavy atom. The fourth-order valence-corrected chi connectivity index (χ4v) is 2.85. The number of carbonyl (C=O) groups excluding carboxylic acids is 1. The molecular weight excluding hydrogens is 314 g/mol. The molecule has 0 spiro atoms. The molecule has 1 aliphatic rings. The quantitative estimate of drug-likeness (QED) is 0.930. The van der Waals surface area contributed by atoms with Crippen LogP contribution in [0, 0.1) is 0 Å². The van der Waals surface area contributed by atoms with Gasteiger partial charge in [-0.05, 0) is 35.2 Å². The van der Waals surface area contributed by atoms with Crippen molar-refractivity contribution in [2.45, 2.75) is 26.2 Å². The number of anilines is 2. The van der Waals surface area contributed by atoms with E-state index in [1.165, 1.54) is 5.56 Å². The first-order valence-corrected chi connectivity index (χ1v) is 8.65. The number of rotatable bonds is 3. The second kappa shape index (κ2) is 7.23. The van der Waals surface area contributed by atoms with E-state index >= 15 is 0 Å². The van der Waals surface area contributed by atoms with Crippen LogP contribution in [0.5, 0.6) is 0 Å². The SMILES string of the molecule is CC(C)(C)c1ccc(NC(=O)c2cccnc2N2CCOCC2)cc1. The number of carbonyl (C=O) groups is 1. The summed E-state index contributed by atoms with van der Waals surface area (Å²) in [6.07, 6.45) is 1.72. The van der Waals surface area contributed by atoms with E-state index in [0.29, 0.717) is 18.8 Å². The number of nitrogens with one attached hydrogen (secondary N) is 1. The van der Waals surface area contributed by atoms with Crippen LogP contribution >= 0.6 is 0 Å². The Kier molecular flexibility index (Phi) is 5.04. The van der Waals surface area contributed by atoms with Crippen LogP contribution in [-0.4, -0.2) is 37.2 Å². The Hall–Kier alpha value is -2.40. The molecule has 1 aliphatic heterocycles. The van der Waals surface area contributed by atoms with Gasteiger partial charge in [-0.3, -0.25) is 4.79 Å². The van der Waals surface area contributed by atoms with Gasteiger partial charge in [-0.1, -0.05) is 32.9 Å². The van der Waals surface area contributed by atoms with E-state index in [4.69, 9.17) is 4.74 Å². The van der Waals surface area contributed by atoms with Crippen LogP contribution < -0.4 is 10.2 Å². The summed E-state index contributed by atoms with van der Waals surface area (Å²) in [5, 5.41) is 2.98. The number of pyridine rings is 1. The molecule has 0 bridgehead atoms. The normalized spacial score (nSPS) is 15.1. The third-order valence-corrected chi connectivity index (χ3v) is 4.35. The average molecular weight is 339 g/mol. The maximum absolute atomic E-state index is 12.8. The minimum Gasteiger partial charge on any atom is -0.378 e. The van der Waals surface area contributed by atoms with Crippen molar-refractivity contribution in [3.63, 3.8) is 0 Å². The number of hydrogen-bond acceptors (Lipinski definition) is 4. The molecule has 0 aliphatic carbocycles. The fraction of sp³-hybridized carbons (Fsp3) is 0.400.